The first-order valence-electron chi connectivity index (χ1n) is 8.58. The van der Waals surface area contributed by atoms with Crippen molar-refractivity contribution < 1.29 is 9.90 Å². The van der Waals surface area contributed by atoms with Gasteiger partial charge in [-0.15, -0.1) is 11.3 Å². The maximum Gasteiger partial charge on any atom is 0.308 e. The number of anilines is 1. The van der Waals surface area contributed by atoms with Gasteiger partial charge < -0.3 is 10.0 Å². The fourth-order valence-electron chi connectivity index (χ4n) is 3.11. The van der Waals surface area contributed by atoms with Gasteiger partial charge in [0, 0.05) is 23.5 Å². The van der Waals surface area contributed by atoms with Gasteiger partial charge in [-0.3, -0.25) is 4.79 Å². The summed E-state index contributed by atoms with van der Waals surface area (Å²) in [5.41, 5.74) is 4.30. The summed E-state index contributed by atoms with van der Waals surface area (Å²) in [6.07, 6.45) is 4.95. The topological polar surface area (TPSA) is 53.4 Å². The van der Waals surface area contributed by atoms with Crippen molar-refractivity contribution >= 4 is 22.4 Å². The van der Waals surface area contributed by atoms with E-state index in [0.29, 0.717) is 0 Å². The molecule has 1 aromatic carbocycles. The summed E-state index contributed by atoms with van der Waals surface area (Å²) in [4.78, 5) is 19.3. The van der Waals surface area contributed by atoms with Crippen molar-refractivity contribution in [3.05, 3.63) is 34.2 Å². The molecule has 128 valence electrons. The lowest BCUT2D eigenvalue weighted by atomic mass is 10.0. The van der Waals surface area contributed by atoms with E-state index in [1.807, 2.05) is 0 Å². The third-order valence-electron chi connectivity index (χ3n) is 4.65. The van der Waals surface area contributed by atoms with E-state index in [1.165, 1.54) is 36.8 Å². The van der Waals surface area contributed by atoms with Crippen LogP contribution < -0.4 is 4.90 Å². The molecule has 0 unspecified atom stereocenters. The zero-order chi connectivity index (χ0) is 17.1. The summed E-state index contributed by atoms with van der Waals surface area (Å²) in [6, 6.07) is 6.25. The van der Waals surface area contributed by atoms with Crippen LogP contribution in [0.4, 0.5) is 5.13 Å². The van der Waals surface area contributed by atoms with Crippen molar-refractivity contribution in [3.8, 4) is 11.3 Å². The molecule has 2 aromatic rings. The molecule has 1 saturated heterocycles. The van der Waals surface area contributed by atoms with Crippen molar-refractivity contribution in [1.82, 2.24) is 4.98 Å². The minimum Gasteiger partial charge on any atom is -0.481 e. The molecular weight excluding hydrogens is 320 g/mol. The van der Waals surface area contributed by atoms with Gasteiger partial charge in [0.1, 0.15) is 0 Å². The maximum absolute atomic E-state index is 11.3. The average molecular weight is 344 g/mol. The van der Waals surface area contributed by atoms with Crippen molar-refractivity contribution in [1.29, 1.82) is 0 Å². The number of thiazole rings is 1. The van der Waals surface area contributed by atoms with E-state index in [-0.39, 0.29) is 6.42 Å². The number of aromatic nitrogens is 1. The lowest BCUT2D eigenvalue weighted by molar-refractivity contribution is -0.136. The Morgan fingerprint density at radius 3 is 2.50 bits per heavy atom. The van der Waals surface area contributed by atoms with Gasteiger partial charge in [-0.1, -0.05) is 25.0 Å². The Labute approximate surface area is 147 Å². The van der Waals surface area contributed by atoms with E-state index >= 15 is 0 Å². The second-order valence-electron chi connectivity index (χ2n) is 6.54. The minimum absolute atomic E-state index is 0.0355. The molecular formula is C19H24N2O2S. The Morgan fingerprint density at radius 1 is 1.17 bits per heavy atom. The van der Waals surface area contributed by atoms with E-state index < -0.39 is 5.97 Å². The molecule has 1 aromatic heterocycles. The summed E-state index contributed by atoms with van der Waals surface area (Å²) in [6.45, 7) is 6.21. The maximum atomic E-state index is 11.3. The van der Waals surface area contributed by atoms with Crippen LogP contribution in [0, 0.1) is 13.8 Å². The van der Waals surface area contributed by atoms with E-state index in [0.717, 1.165) is 34.4 Å². The molecule has 0 aliphatic carbocycles. The third-order valence-corrected chi connectivity index (χ3v) is 5.77. The van der Waals surface area contributed by atoms with Gasteiger partial charge in [-0.2, -0.15) is 0 Å². The van der Waals surface area contributed by atoms with E-state index in [4.69, 9.17) is 4.98 Å². The third kappa shape index (κ3) is 3.78. The van der Waals surface area contributed by atoms with Crippen molar-refractivity contribution in [2.75, 3.05) is 18.0 Å². The molecule has 0 radical (unpaired) electrons. The molecule has 0 saturated carbocycles. The molecule has 24 heavy (non-hydrogen) atoms. The summed E-state index contributed by atoms with van der Waals surface area (Å²) in [7, 11) is 0. The van der Waals surface area contributed by atoms with Crippen molar-refractivity contribution in [3.63, 3.8) is 0 Å². The van der Waals surface area contributed by atoms with E-state index in [9.17, 15) is 9.90 Å². The zero-order valence-corrected chi connectivity index (χ0v) is 15.2. The second kappa shape index (κ2) is 7.34. The van der Waals surface area contributed by atoms with Gasteiger partial charge in [-0.25, -0.2) is 4.98 Å². The van der Waals surface area contributed by atoms with Crippen molar-refractivity contribution in [2.24, 2.45) is 0 Å². The molecule has 0 amide bonds. The fourth-order valence-corrected chi connectivity index (χ4v) is 4.23. The number of carbonyl (C=O) groups is 1. The molecule has 0 spiro atoms. The van der Waals surface area contributed by atoms with Crippen LogP contribution in [0.5, 0.6) is 0 Å². The fraction of sp³-hybridized carbons (Fsp3) is 0.474. The second-order valence-corrected chi connectivity index (χ2v) is 7.60. The first kappa shape index (κ1) is 17.0. The number of carboxylic acid groups (broad SMARTS) is 1. The molecule has 5 heteroatoms. The van der Waals surface area contributed by atoms with Gasteiger partial charge in [-0.05, 0) is 43.9 Å². The Morgan fingerprint density at radius 2 is 1.88 bits per heavy atom. The van der Waals surface area contributed by atoms with E-state index in [1.54, 1.807) is 11.3 Å². The lowest BCUT2D eigenvalue weighted by Gasteiger charge is -2.18. The highest BCUT2D eigenvalue weighted by Crippen LogP contribution is 2.35. The number of hydrogen-bond acceptors (Lipinski definition) is 4. The molecule has 0 bridgehead atoms. The summed E-state index contributed by atoms with van der Waals surface area (Å²) in [5.74, 6) is -0.800. The smallest absolute Gasteiger partial charge is 0.308 e. The SMILES string of the molecule is Cc1ccc(-c2nc(N3CCCCCC3)sc2CC(=O)O)cc1C. The molecule has 4 nitrogen and oxygen atoms in total. The molecule has 3 rings (SSSR count). The molecule has 1 fully saturated rings. The van der Waals surface area contributed by atoms with Crippen LogP contribution in [-0.4, -0.2) is 29.1 Å². The normalized spacial score (nSPS) is 15.3. The number of aliphatic carboxylic acids is 1. The Kier molecular flexibility index (Phi) is 5.19. The molecule has 2 heterocycles. The summed E-state index contributed by atoms with van der Waals surface area (Å²) >= 11 is 1.54. The zero-order valence-electron chi connectivity index (χ0n) is 14.3. The highest BCUT2D eigenvalue weighted by Gasteiger charge is 2.20. The van der Waals surface area contributed by atoms with Crippen LogP contribution in [0.25, 0.3) is 11.3 Å². The van der Waals surface area contributed by atoms with Crippen LogP contribution in [-0.2, 0) is 11.2 Å². The van der Waals surface area contributed by atoms with Gasteiger partial charge in [0.05, 0.1) is 12.1 Å². The minimum atomic E-state index is -0.800. The van der Waals surface area contributed by atoms with Crippen LogP contribution in [0.15, 0.2) is 18.2 Å². The molecule has 1 N–H and O–H groups in total. The number of nitrogens with zero attached hydrogens (tertiary/aromatic N) is 2. The highest BCUT2D eigenvalue weighted by molar-refractivity contribution is 7.16. The van der Waals surface area contributed by atoms with Crippen LogP contribution in [0.3, 0.4) is 0 Å². The van der Waals surface area contributed by atoms with Gasteiger partial charge in [0.2, 0.25) is 0 Å². The number of benzene rings is 1. The number of carboxylic acids is 1. The summed E-state index contributed by atoms with van der Waals surface area (Å²) in [5, 5.41) is 10.2. The number of aryl methyl sites for hydroxylation is 2. The monoisotopic (exact) mass is 344 g/mol. The van der Waals surface area contributed by atoms with Crippen LogP contribution in [0.1, 0.15) is 41.7 Å². The Hall–Kier alpha value is -1.88. The highest BCUT2D eigenvalue weighted by atomic mass is 32.1. The number of hydrogen-bond donors (Lipinski definition) is 1. The lowest BCUT2D eigenvalue weighted by Crippen LogP contribution is -2.23. The predicted molar refractivity (Wildman–Crippen MR) is 99.0 cm³/mol. The Bertz CT molecular complexity index is 731. The number of rotatable bonds is 4. The van der Waals surface area contributed by atoms with Gasteiger partial charge in [0.15, 0.2) is 5.13 Å². The van der Waals surface area contributed by atoms with Crippen LogP contribution >= 0.6 is 11.3 Å². The largest absolute Gasteiger partial charge is 0.481 e. The standard InChI is InChI=1S/C19H24N2O2S/c1-13-7-8-15(11-14(13)2)18-16(12-17(22)23)24-19(20-18)21-9-5-3-4-6-10-21/h7-8,11H,3-6,9-10,12H2,1-2H3,(H,22,23). The van der Waals surface area contributed by atoms with E-state index in [2.05, 4.69) is 36.9 Å². The molecule has 0 atom stereocenters. The van der Waals surface area contributed by atoms with Gasteiger partial charge >= 0.3 is 5.97 Å². The molecule has 1 aliphatic rings. The predicted octanol–water partition coefficient (Wildman–Crippen LogP) is 4.43. The van der Waals surface area contributed by atoms with Crippen LogP contribution in [0.2, 0.25) is 0 Å². The van der Waals surface area contributed by atoms with Gasteiger partial charge in [0.25, 0.3) is 0 Å². The summed E-state index contributed by atoms with van der Waals surface area (Å²) < 4.78 is 0. The average Bonchev–Trinajstić information content (AvgIpc) is 2.77. The first-order chi connectivity index (χ1) is 11.5. The quantitative estimate of drug-likeness (QED) is 0.891. The molecule has 1 aliphatic heterocycles. The first-order valence-corrected chi connectivity index (χ1v) is 9.40. The Balaban J connectivity index is 1.99. The van der Waals surface area contributed by atoms with Crippen molar-refractivity contribution in [2.45, 2.75) is 46.0 Å².